The lowest BCUT2D eigenvalue weighted by atomic mass is 10.2. The first-order valence-electron chi connectivity index (χ1n) is 6.44. The average molecular weight is 293 g/mol. The molecule has 0 aliphatic heterocycles. The van der Waals surface area contributed by atoms with Gasteiger partial charge in [-0.05, 0) is 30.5 Å². The normalized spacial score (nSPS) is 14.3. The molecule has 1 aliphatic carbocycles. The van der Waals surface area contributed by atoms with E-state index in [0.29, 0.717) is 24.0 Å². The van der Waals surface area contributed by atoms with E-state index in [-0.39, 0.29) is 11.0 Å². The average Bonchev–Trinajstić information content (AvgIpc) is 3.26. The maximum Gasteiger partial charge on any atom is 0.157 e. The van der Waals surface area contributed by atoms with E-state index >= 15 is 0 Å². The van der Waals surface area contributed by atoms with Gasteiger partial charge < -0.3 is 11.1 Å². The Kier molecular flexibility index (Phi) is 3.44. The highest BCUT2D eigenvalue weighted by Crippen LogP contribution is 2.40. The van der Waals surface area contributed by atoms with Gasteiger partial charge in [0.15, 0.2) is 11.0 Å². The number of nitrogens with one attached hydrogen (secondary N) is 1. The van der Waals surface area contributed by atoms with E-state index in [2.05, 4.69) is 15.3 Å². The van der Waals surface area contributed by atoms with Gasteiger partial charge in [0.25, 0.3) is 0 Å². The molecule has 2 aromatic rings. The fraction of sp³-hybridized carbons (Fsp3) is 0.286. The van der Waals surface area contributed by atoms with E-state index in [1.54, 1.807) is 12.1 Å². The van der Waals surface area contributed by atoms with Crippen molar-refractivity contribution in [2.75, 3.05) is 11.1 Å². The predicted molar refractivity (Wildman–Crippen MR) is 77.2 cm³/mol. The first-order valence-corrected chi connectivity index (χ1v) is 6.82. The van der Waals surface area contributed by atoms with E-state index in [1.165, 1.54) is 12.1 Å². The van der Waals surface area contributed by atoms with E-state index in [9.17, 15) is 4.39 Å². The number of hydrogen-bond donors (Lipinski definition) is 2. The van der Waals surface area contributed by atoms with Gasteiger partial charge in [-0.1, -0.05) is 23.7 Å². The molecule has 1 aromatic carbocycles. The maximum atomic E-state index is 12.8. The van der Waals surface area contributed by atoms with Crippen LogP contribution in [0.4, 0.5) is 15.9 Å². The molecule has 4 nitrogen and oxygen atoms in total. The minimum Gasteiger partial charge on any atom is -0.393 e. The summed E-state index contributed by atoms with van der Waals surface area (Å²) in [6.45, 7) is 0.502. The van der Waals surface area contributed by atoms with E-state index in [1.807, 2.05) is 0 Å². The van der Waals surface area contributed by atoms with Crippen LogP contribution in [0.2, 0.25) is 5.15 Å². The number of nitrogens with zero attached hydrogens (tertiary/aromatic N) is 2. The molecule has 0 saturated heterocycles. The molecule has 0 atom stereocenters. The zero-order chi connectivity index (χ0) is 14.1. The second kappa shape index (κ2) is 5.25. The molecule has 0 radical (unpaired) electrons. The Balaban J connectivity index is 1.77. The summed E-state index contributed by atoms with van der Waals surface area (Å²) in [4.78, 5) is 8.62. The van der Waals surface area contributed by atoms with Gasteiger partial charge in [0.2, 0.25) is 0 Å². The number of nitrogens with two attached hydrogens (primary N) is 1. The topological polar surface area (TPSA) is 63.8 Å². The Morgan fingerprint density at radius 3 is 2.60 bits per heavy atom. The quantitative estimate of drug-likeness (QED) is 0.848. The van der Waals surface area contributed by atoms with Crippen LogP contribution in [-0.2, 0) is 6.54 Å². The van der Waals surface area contributed by atoms with Crippen molar-refractivity contribution in [2.24, 2.45) is 0 Å². The zero-order valence-electron chi connectivity index (χ0n) is 10.7. The molecule has 104 valence electrons. The molecule has 0 bridgehead atoms. The van der Waals surface area contributed by atoms with Crippen molar-refractivity contribution in [1.29, 1.82) is 0 Å². The highest BCUT2D eigenvalue weighted by Gasteiger charge is 2.28. The summed E-state index contributed by atoms with van der Waals surface area (Å²) in [5.74, 6) is 1.43. The lowest BCUT2D eigenvalue weighted by molar-refractivity contribution is 0.627. The van der Waals surface area contributed by atoms with Crippen molar-refractivity contribution < 1.29 is 4.39 Å². The van der Waals surface area contributed by atoms with Gasteiger partial charge in [0.1, 0.15) is 17.3 Å². The van der Waals surface area contributed by atoms with Gasteiger partial charge in [0, 0.05) is 12.5 Å². The van der Waals surface area contributed by atoms with Gasteiger partial charge in [-0.3, -0.25) is 0 Å². The van der Waals surface area contributed by atoms with Crippen molar-refractivity contribution in [3.05, 3.63) is 46.6 Å². The smallest absolute Gasteiger partial charge is 0.157 e. The van der Waals surface area contributed by atoms with Crippen LogP contribution in [-0.4, -0.2) is 9.97 Å². The third kappa shape index (κ3) is 2.82. The van der Waals surface area contributed by atoms with Crippen LogP contribution in [0.3, 0.4) is 0 Å². The molecule has 3 N–H and O–H groups in total. The number of nitrogen functional groups attached to an aromatic ring is 1. The molecule has 0 unspecified atom stereocenters. The van der Waals surface area contributed by atoms with Crippen LogP contribution in [0.15, 0.2) is 24.3 Å². The Labute approximate surface area is 121 Å². The van der Waals surface area contributed by atoms with E-state index in [0.717, 1.165) is 24.2 Å². The molecular weight excluding hydrogens is 279 g/mol. The number of benzene rings is 1. The van der Waals surface area contributed by atoms with Gasteiger partial charge >= 0.3 is 0 Å². The molecule has 6 heteroatoms. The standard InChI is InChI=1S/C14H14ClFN4/c15-12-11(17)14(20-13(19-12)9-3-4-9)18-7-8-1-5-10(16)6-2-8/h1-2,5-6,9H,3-4,7,17H2,(H,18,19,20). The fourth-order valence-corrected chi connectivity index (χ4v) is 2.08. The first-order chi connectivity index (χ1) is 9.63. The molecule has 1 saturated carbocycles. The van der Waals surface area contributed by atoms with Crippen molar-refractivity contribution in [2.45, 2.75) is 25.3 Å². The maximum absolute atomic E-state index is 12.8. The third-order valence-electron chi connectivity index (χ3n) is 3.23. The fourth-order valence-electron chi connectivity index (χ4n) is 1.91. The predicted octanol–water partition coefficient (Wildman–Crippen LogP) is 3.34. The second-order valence-corrected chi connectivity index (χ2v) is 5.25. The Hall–Kier alpha value is -1.88. The summed E-state index contributed by atoms with van der Waals surface area (Å²) in [6.07, 6.45) is 2.19. The third-order valence-corrected chi connectivity index (χ3v) is 3.52. The highest BCUT2D eigenvalue weighted by atomic mass is 35.5. The molecular formula is C14H14ClFN4. The minimum absolute atomic E-state index is 0.255. The van der Waals surface area contributed by atoms with E-state index < -0.39 is 0 Å². The summed E-state index contributed by atoms with van der Waals surface area (Å²) in [5.41, 5.74) is 7.16. The summed E-state index contributed by atoms with van der Waals surface area (Å²) >= 11 is 6.03. The van der Waals surface area contributed by atoms with Crippen LogP contribution in [0.5, 0.6) is 0 Å². The van der Waals surface area contributed by atoms with Crippen molar-refractivity contribution in [3.8, 4) is 0 Å². The zero-order valence-corrected chi connectivity index (χ0v) is 11.5. The molecule has 1 fully saturated rings. The monoisotopic (exact) mass is 292 g/mol. The van der Waals surface area contributed by atoms with Crippen LogP contribution in [0, 0.1) is 5.82 Å². The summed E-state index contributed by atoms with van der Waals surface area (Å²) in [6, 6.07) is 6.26. The lowest BCUT2D eigenvalue weighted by Gasteiger charge is -2.11. The molecule has 0 spiro atoms. The molecule has 0 amide bonds. The van der Waals surface area contributed by atoms with Crippen molar-refractivity contribution in [1.82, 2.24) is 9.97 Å². The lowest BCUT2D eigenvalue weighted by Crippen LogP contribution is -2.08. The Morgan fingerprint density at radius 2 is 1.95 bits per heavy atom. The number of aromatic nitrogens is 2. The number of hydrogen-bond acceptors (Lipinski definition) is 4. The number of anilines is 2. The minimum atomic E-state index is -0.255. The first kappa shape index (κ1) is 13.1. The van der Waals surface area contributed by atoms with Gasteiger partial charge in [0.05, 0.1) is 0 Å². The van der Waals surface area contributed by atoms with Gasteiger partial charge in [-0.25, -0.2) is 14.4 Å². The molecule has 1 aromatic heterocycles. The van der Waals surface area contributed by atoms with Crippen LogP contribution < -0.4 is 11.1 Å². The van der Waals surface area contributed by atoms with Crippen LogP contribution in [0.1, 0.15) is 30.1 Å². The SMILES string of the molecule is Nc1c(Cl)nc(C2CC2)nc1NCc1ccc(F)cc1. The summed E-state index contributed by atoms with van der Waals surface area (Å²) in [5, 5.41) is 3.41. The highest BCUT2D eigenvalue weighted by molar-refractivity contribution is 6.32. The molecule has 3 rings (SSSR count). The molecule has 20 heavy (non-hydrogen) atoms. The number of halogens is 2. The molecule has 1 heterocycles. The van der Waals surface area contributed by atoms with Gasteiger partial charge in [-0.2, -0.15) is 0 Å². The Bertz CT molecular complexity index is 626. The summed E-state index contributed by atoms with van der Waals surface area (Å²) < 4.78 is 12.8. The van der Waals surface area contributed by atoms with Crippen LogP contribution in [0.25, 0.3) is 0 Å². The van der Waals surface area contributed by atoms with Gasteiger partial charge in [-0.15, -0.1) is 0 Å². The van der Waals surface area contributed by atoms with Crippen LogP contribution >= 0.6 is 11.6 Å². The second-order valence-electron chi connectivity index (χ2n) is 4.89. The Morgan fingerprint density at radius 1 is 1.25 bits per heavy atom. The van der Waals surface area contributed by atoms with Crippen molar-refractivity contribution in [3.63, 3.8) is 0 Å². The van der Waals surface area contributed by atoms with Crippen molar-refractivity contribution >= 4 is 23.1 Å². The molecule has 1 aliphatic rings. The largest absolute Gasteiger partial charge is 0.393 e. The van der Waals surface area contributed by atoms with E-state index in [4.69, 9.17) is 17.3 Å². The number of rotatable bonds is 4. The summed E-state index contributed by atoms with van der Waals surface area (Å²) in [7, 11) is 0.